The van der Waals surface area contributed by atoms with Gasteiger partial charge in [-0.25, -0.2) is 4.98 Å². The van der Waals surface area contributed by atoms with Crippen molar-refractivity contribution < 1.29 is 9.53 Å². The number of pyridine rings is 1. The number of methoxy groups -OCH3 is 1. The van der Waals surface area contributed by atoms with Gasteiger partial charge in [0.05, 0.1) is 13.5 Å². The smallest absolute Gasteiger partial charge is 0.309 e. The Morgan fingerprint density at radius 3 is 3.07 bits per heavy atom. The van der Waals surface area contributed by atoms with Crippen molar-refractivity contribution in [2.45, 2.75) is 13.3 Å². The molecule has 1 aromatic heterocycles. The van der Waals surface area contributed by atoms with Crippen molar-refractivity contribution in [1.82, 2.24) is 4.98 Å². The topological polar surface area (TPSA) is 39.2 Å². The molecule has 0 aliphatic heterocycles. The van der Waals surface area contributed by atoms with Crippen LogP contribution in [0, 0.1) is 12.3 Å². The number of ether oxygens (including phenoxy) is 1. The molecule has 1 unspecified atom stereocenters. The average Bonchev–Trinajstić information content (AvgIpc) is 2.21. The van der Waals surface area contributed by atoms with Gasteiger partial charge in [0, 0.05) is 6.20 Å². The summed E-state index contributed by atoms with van der Waals surface area (Å²) in [7, 11) is 1.36. The van der Waals surface area contributed by atoms with E-state index >= 15 is 0 Å². The molecule has 0 fully saturated rings. The Labute approximate surface area is 94.4 Å². The van der Waals surface area contributed by atoms with Crippen molar-refractivity contribution in [3.8, 4) is 0 Å². The highest BCUT2D eigenvalue weighted by molar-refractivity contribution is 6.30. The standard InChI is InChI=1S/C11H13ClNO2/c1-8(7-10(14)15-2)6-9-4-3-5-13-11(9)12/h3-5,7-8H,6H2,1-2H3. The largest absolute Gasteiger partial charge is 0.469 e. The molecular weight excluding hydrogens is 214 g/mol. The quantitative estimate of drug-likeness (QED) is 0.584. The molecule has 1 heterocycles. The molecule has 0 N–H and O–H groups in total. The zero-order valence-corrected chi connectivity index (χ0v) is 9.49. The van der Waals surface area contributed by atoms with Crippen LogP contribution >= 0.6 is 11.6 Å². The normalized spacial score (nSPS) is 12.2. The summed E-state index contributed by atoms with van der Waals surface area (Å²) in [5.41, 5.74) is 0.937. The number of nitrogens with zero attached hydrogens (tertiary/aromatic N) is 1. The first kappa shape index (κ1) is 12.0. The first-order chi connectivity index (χ1) is 7.13. The lowest BCUT2D eigenvalue weighted by molar-refractivity contribution is -0.137. The van der Waals surface area contributed by atoms with Crippen LogP contribution in [0.2, 0.25) is 5.15 Å². The van der Waals surface area contributed by atoms with Gasteiger partial charge in [-0.3, -0.25) is 4.79 Å². The summed E-state index contributed by atoms with van der Waals surface area (Å²) in [4.78, 5) is 14.9. The number of hydrogen-bond donors (Lipinski definition) is 0. The summed E-state index contributed by atoms with van der Waals surface area (Å²) < 4.78 is 4.55. The van der Waals surface area contributed by atoms with Crippen LogP contribution in [0.25, 0.3) is 0 Å². The highest BCUT2D eigenvalue weighted by Gasteiger charge is 2.12. The number of aromatic nitrogens is 1. The third kappa shape index (κ3) is 3.88. The van der Waals surface area contributed by atoms with Gasteiger partial charge in [0.15, 0.2) is 0 Å². The fourth-order valence-electron chi connectivity index (χ4n) is 1.28. The number of hydrogen-bond acceptors (Lipinski definition) is 3. The third-order valence-electron chi connectivity index (χ3n) is 2.00. The van der Waals surface area contributed by atoms with Crippen molar-refractivity contribution >= 4 is 17.6 Å². The zero-order valence-electron chi connectivity index (χ0n) is 8.74. The van der Waals surface area contributed by atoms with Gasteiger partial charge in [-0.1, -0.05) is 24.6 Å². The predicted molar refractivity (Wildman–Crippen MR) is 58.4 cm³/mol. The Bertz CT molecular complexity index is 341. The van der Waals surface area contributed by atoms with Gasteiger partial charge < -0.3 is 4.74 Å². The molecule has 3 nitrogen and oxygen atoms in total. The van der Waals surface area contributed by atoms with Crippen LogP contribution in [0.15, 0.2) is 18.3 Å². The van der Waals surface area contributed by atoms with Crippen molar-refractivity contribution in [2.75, 3.05) is 7.11 Å². The molecule has 0 saturated carbocycles. The highest BCUT2D eigenvalue weighted by atomic mass is 35.5. The van der Waals surface area contributed by atoms with E-state index in [1.807, 2.05) is 19.1 Å². The maximum Gasteiger partial charge on any atom is 0.309 e. The molecule has 0 aliphatic carbocycles. The molecule has 1 radical (unpaired) electrons. The molecule has 0 bridgehead atoms. The first-order valence-corrected chi connectivity index (χ1v) is 5.03. The average molecular weight is 227 g/mol. The van der Waals surface area contributed by atoms with E-state index in [9.17, 15) is 4.79 Å². The summed E-state index contributed by atoms with van der Waals surface area (Å²) >= 11 is 5.90. The maximum absolute atomic E-state index is 11.0. The van der Waals surface area contributed by atoms with Crippen LogP contribution in [0.3, 0.4) is 0 Å². The van der Waals surface area contributed by atoms with Crippen molar-refractivity contribution in [2.24, 2.45) is 5.92 Å². The molecule has 1 atom stereocenters. The van der Waals surface area contributed by atoms with Crippen LogP contribution < -0.4 is 0 Å². The molecule has 0 amide bonds. The van der Waals surface area contributed by atoms with E-state index < -0.39 is 0 Å². The lowest BCUT2D eigenvalue weighted by Gasteiger charge is -2.09. The molecule has 1 aromatic rings. The Kier molecular flexibility index (Phi) is 4.56. The van der Waals surface area contributed by atoms with Crippen LogP contribution in [0.4, 0.5) is 0 Å². The molecule has 0 spiro atoms. The van der Waals surface area contributed by atoms with E-state index in [0.717, 1.165) is 5.56 Å². The minimum atomic E-state index is -0.317. The van der Waals surface area contributed by atoms with E-state index in [-0.39, 0.29) is 11.9 Å². The van der Waals surface area contributed by atoms with Crippen LogP contribution in [0.1, 0.15) is 12.5 Å². The summed E-state index contributed by atoms with van der Waals surface area (Å²) in [6.45, 7) is 1.93. The van der Waals surface area contributed by atoms with Gasteiger partial charge >= 0.3 is 5.97 Å². The third-order valence-corrected chi connectivity index (χ3v) is 2.34. The Hall–Kier alpha value is -1.09. The molecule has 81 valence electrons. The number of esters is 1. The molecular formula is C11H13ClNO2. The second kappa shape index (κ2) is 5.71. The fourth-order valence-corrected chi connectivity index (χ4v) is 1.47. The molecule has 0 aliphatic rings. The van der Waals surface area contributed by atoms with E-state index in [1.54, 1.807) is 6.20 Å². The SMILES string of the molecule is COC(=O)[CH]C(C)Cc1cccnc1Cl. The van der Waals surface area contributed by atoms with Crippen molar-refractivity contribution in [1.29, 1.82) is 0 Å². The summed E-state index contributed by atoms with van der Waals surface area (Å²) in [6, 6.07) is 3.73. The van der Waals surface area contributed by atoms with Gasteiger partial charge in [-0.2, -0.15) is 0 Å². The summed E-state index contributed by atoms with van der Waals surface area (Å²) in [5.74, 6) is -0.235. The lowest BCUT2D eigenvalue weighted by Crippen LogP contribution is -2.10. The van der Waals surface area contributed by atoms with Gasteiger partial charge in [0.1, 0.15) is 5.15 Å². The number of carbonyl (C=O) groups is 1. The lowest BCUT2D eigenvalue weighted by atomic mass is 9.99. The Morgan fingerprint density at radius 2 is 2.47 bits per heavy atom. The molecule has 1 rings (SSSR count). The first-order valence-electron chi connectivity index (χ1n) is 4.65. The Morgan fingerprint density at radius 1 is 1.73 bits per heavy atom. The van der Waals surface area contributed by atoms with Gasteiger partial charge in [0.25, 0.3) is 0 Å². The second-order valence-corrected chi connectivity index (χ2v) is 3.68. The van der Waals surface area contributed by atoms with E-state index in [4.69, 9.17) is 11.6 Å². The number of halogens is 1. The zero-order chi connectivity index (χ0) is 11.3. The fraction of sp³-hybridized carbons (Fsp3) is 0.364. The van der Waals surface area contributed by atoms with E-state index in [1.165, 1.54) is 13.5 Å². The van der Waals surface area contributed by atoms with Crippen molar-refractivity contribution in [3.63, 3.8) is 0 Å². The number of carbonyl (C=O) groups excluding carboxylic acids is 1. The minimum Gasteiger partial charge on any atom is -0.469 e. The van der Waals surface area contributed by atoms with Crippen LogP contribution in [0.5, 0.6) is 0 Å². The van der Waals surface area contributed by atoms with E-state index in [2.05, 4.69) is 9.72 Å². The molecule has 0 aromatic carbocycles. The number of rotatable bonds is 4. The van der Waals surface area contributed by atoms with Crippen LogP contribution in [-0.2, 0) is 16.0 Å². The summed E-state index contributed by atoms with van der Waals surface area (Å²) in [5, 5.41) is 0.489. The molecule has 15 heavy (non-hydrogen) atoms. The summed E-state index contributed by atoms with van der Waals surface area (Å²) in [6.07, 6.45) is 3.85. The minimum absolute atomic E-state index is 0.0825. The van der Waals surface area contributed by atoms with E-state index in [0.29, 0.717) is 11.6 Å². The molecule has 0 saturated heterocycles. The maximum atomic E-state index is 11.0. The Balaban J connectivity index is 2.55. The van der Waals surface area contributed by atoms with Gasteiger partial charge in [-0.15, -0.1) is 0 Å². The monoisotopic (exact) mass is 226 g/mol. The van der Waals surface area contributed by atoms with Crippen LogP contribution in [-0.4, -0.2) is 18.1 Å². The highest BCUT2D eigenvalue weighted by Crippen LogP contribution is 2.17. The van der Waals surface area contributed by atoms with Crippen molar-refractivity contribution in [3.05, 3.63) is 35.5 Å². The van der Waals surface area contributed by atoms with Gasteiger partial charge in [-0.05, 0) is 24.0 Å². The van der Waals surface area contributed by atoms with Gasteiger partial charge in [0.2, 0.25) is 0 Å². The molecule has 4 heteroatoms. The predicted octanol–water partition coefficient (Wildman–Crippen LogP) is 2.29. The second-order valence-electron chi connectivity index (χ2n) is 3.32.